The number of nitrogens with one attached hydrogen (secondary N) is 1. The van der Waals surface area contributed by atoms with Gasteiger partial charge in [0.25, 0.3) is 5.91 Å². The monoisotopic (exact) mass is 313 g/mol. The van der Waals surface area contributed by atoms with Crippen LogP contribution < -0.4 is 10.1 Å². The lowest BCUT2D eigenvalue weighted by Gasteiger charge is -2.11. The maximum absolute atomic E-state index is 12.2. The fourth-order valence-corrected chi connectivity index (χ4v) is 2.00. The molecule has 0 aromatic heterocycles. The average molecular weight is 313 g/mol. The molecule has 2 aromatic carbocycles. The molecule has 0 radical (unpaired) electrons. The van der Waals surface area contributed by atoms with Crippen LogP contribution in [0.2, 0.25) is 0 Å². The predicted molar refractivity (Wildman–Crippen MR) is 87.9 cm³/mol. The van der Waals surface area contributed by atoms with Gasteiger partial charge in [-0.2, -0.15) is 0 Å². The van der Waals surface area contributed by atoms with Gasteiger partial charge in [-0.05, 0) is 56.3 Å². The minimum atomic E-state index is -0.477. The van der Waals surface area contributed by atoms with E-state index in [0.29, 0.717) is 16.8 Å². The van der Waals surface area contributed by atoms with Gasteiger partial charge in [0.05, 0.1) is 18.8 Å². The molecular weight excluding hydrogens is 294 g/mol. The Morgan fingerprint density at radius 3 is 2.26 bits per heavy atom. The summed E-state index contributed by atoms with van der Waals surface area (Å²) >= 11 is 0. The molecule has 0 saturated heterocycles. The van der Waals surface area contributed by atoms with Gasteiger partial charge >= 0.3 is 5.97 Å². The van der Waals surface area contributed by atoms with Crippen LogP contribution in [0.5, 0.6) is 5.75 Å². The van der Waals surface area contributed by atoms with Crippen LogP contribution in [0.25, 0.3) is 0 Å². The number of carbonyl (C=O) groups is 2. The Bertz CT molecular complexity index is 692. The lowest BCUT2D eigenvalue weighted by atomic mass is 10.1. The smallest absolute Gasteiger partial charge is 0.337 e. The first-order chi connectivity index (χ1) is 11.0. The van der Waals surface area contributed by atoms with Gasteiger partial charge in [0.1, 0.15) is 5.75 Å². The van der Waals surface area contributed by atoms with Crippen molar-refractivity contribution in [3.63, 3.8) is 0 Å². The van der Waals surface area contributed by atoms with E-state index in [1.807, 2.05) is 13.8 Å². The third kappa shape index (κ3) is 4.57. The van der Waals surface area contributed by atoms with Gasteiger partial charge in [-0.3, -0.25) is 4.79 Å². The van der Waals surface area contributed by atoms with E-state index in [4.69, 9.17) is 4.74 Å². The lowest BCUT2D eigenvalue weighted by molar-refractivity contribution is 0.0600. The Morgan fingerprint density at radius 1 is 1.00 bits per heavy atom. The minimum Gasteiger partial charge on any atom is -0.491 e. The van der Waals surface area contributed by atoms with Gasteiger partial charge in [0.2, 0.25) is 0 Å². The summed E-state index contributed by atoms with van der Waals surface area (Å²) in [6.45, 7) is 3.90. The molecular formula is C18H19NO4. The highest BCUT2D eigenvalue weighted by atomic mass is 16.5. The molecule has 0 aliphatic heterocycles. The number of amides is 1. The van der Waals surface area contributed by atoms with Gasteiger partial charge in [-0.1, -0.05) is 6.07 Å². The summed E-state index contributed by atoms with van der Waals surface area (Å²) in [6, 6.07) is 13.5. The highest BCUT2D eigenvalue weighted by Crippen LogP contribution is 2.18. The second kappa shape index (κ2) is 7.45. The van der Waals surface area contributed by atoms with Crippen molar-refractivity contribution < 1.29 is 19.1 Å². The number of benzene rings is 2. The third-order valence-corrected chi connectivity index (χ3v) is 3.03. The topological polar surface area (TPSA) is 64.6 Å². The second-order valence-corrected chi connectivity index (χ2v) is 5.22. The standard InChI is InChI=1S/C18H19NO4/c1-12(2)23-16-9-7-15(8-10-16)19-17(20)13-5-4-6-14(11-13)18(21)22-3/h4-12H,1-3H3,(H,19,20). The molecule has 120 valence electrons. The number of methoxy groups -OCH3 is 1. The summed E-state index contributed by atoms with van der Waals surface area (Å²) in [7, 11) is 1.30. The fraction of sp³-hybridized carbons (Fsp3) is 0.222. The molecule has 5 nitrogen and oxygen atoms in total. The van der Waals surface area contributed by atoms with Crippen molar-refractivity contribution in [2.45, 2.75) is 20.0 Å². The van der Waals surface area contributed by atoms with Crippen molar-refractivity contribution in [3.05, 3.63) is 59.7 Å². The highest BCUT2D eigenvalue weighted by Gasteiger charge is 2.11. The zero-order valence-electron chi connectivity index (χ0n) is 13.3. The van der Waals surface area contributed by atoms with Crippen LogP contribution in [0.1, 0.15) is 34.6 Å². The molecule has 2 aromatic rings. The third-order valence-electron chi connectivity index (χ3n) is 3.03. The molecule has 0 atom stereocenters. The summed E-state index contributed by atoms with van der Waals surface area (Å²) in [5.41, 5.74) is 1.37. The normalized spacial score (nSPS) is 10.3. The Morgan fingerprint density at radius 2 is 1.65 bits per heavy atom. The molecule has 2 rings (SSSR count). The Balaban J connectivity index is 2.08. The van der Waals surface area contributed by atoms with E-state index in [9.17, 15) is 9.59 Å². The van der Waals surface area contributed by atoms with Crippen LogP contribution in [0.15, 0.2) is 48.5 Å². The number of rotatable bonds is 5. The summed E-state index contributed by atoms with van der Waals surface area (Å²) in [6.07, 6.45) is 0.0940. The van der Waals surface area contributed by atoms with E-state index < -0.39 is 5.97 Å². The lowest BCUT2D eigenvalue weighted by Crippen LogP contribution is -2.13. The quantitative estimate of drug-likeness (QED) is 0.858. The fourth-order valence-electron chi connectivity index (χ4n) is 2.00. The van der Waals surface area contributed by atoms with E-state index in [1.54, 1.807) is 42.5 Å². The van der Waals surface area contributed by atoms with Crippen molar-refractivity contribution in [2.75, 3.05) is 12.4 Å². The van der Waals surface area contributed by atoms with E-state index in [1.165, 1.54) is 13.2 Å². The van der Waals surface area contributed by atoms with Crippen molar-refractivity contribution in [1.29, 1.82) is 0 Å². The Kier molecular flexibility index (Phi) is 5.36. The Labute approximate surface area is 135 Å². The van der Waals surface area contributed by atoms with Gasteiger partial charge in [-0.15, -0.1) is 0 Å². The molecule has 0 heterocycles. The van der Waals surface area contributed by atoms with Gasteiger partial charge in [0.15, 0.2) is 0 Å². The largest absolute Gasteiger partial charge is 0.491 e. The highest BCUT2D eigenvalue weighted by molar-refractivity contribution is 6.05. The zero-order chi connectivity index (χ0) is 16.8. The number of anilines is 1. The van der Waals surface area contributed by atoms with Crippen molar-refractivity contribution in [1.82, 2.24) is 0 Å². The number of hydrogen-bond donors (Lipinski definition) is 1. The first kappa shape index (κ1) is 16.5. The first-order valence-corrected chi connectivity index (χ1v) is 7.26. The minimum absolute atomic E-state index is 0.0940. The molecule has 0 aliphatic rings. The molecule has 23 heavy (non-hydrogen) atoms. The van der Waals surface area contributed by atoms with Gasteiger partial charge in [0, 0.05) is 11.3 Å². The maximum Gasteiger partial charge on any atom is 0.337 e. The summed E-state index contributed by atoms with van der Waals surface area (Å²) < 4.78 is 10.2. The number of hydrogen-bond acceptors (Lipinski definition) is 4. The van der Waals surface area contributed by atoms with Gasteiger partial charge in [-0.25, -0.2) is 4.79 Å². The second-order valence-electron chi connectivity index (χ2n) is 5.22. The predicted octanol–water partition coefficient (Wildman–Crippen LogP) is 3.51. The summed E-state index contributed by atoms with van der Waals surface area (Å²) in [5.74, 6) is -0.0335. The zero-order valence-corrected chi connectivity index (χ0v) is 13.3. The van der Waals surface area contributed by atoms with Crippen LogP contribution in [0, 0.1) is 0 Å². The molecule has 1 N–H and O–H groups in total. The van der Waals surface area contributed by atoms with Crippen LogP contribution in [-0.2, 0) is 4.74 Å². The van der Waals surface area contributed by atoms with Crippen molar-refractivity contribution >= 4 is 17.6 Å². The van der Waals surface area contributed by atoms with E-state index >= 15 is 0 Å². The van der Waals surface area contributed by atoms with E-state index in [0.717, 1.165) is 5.75 Å². The Hall–Kier alpha value is -2.82. The summed E-state index contributed by atoms with van der Waals surface area (Å²) in [4.78, 5) is 23.7. The molecule has 0 aliphatic carbocycles. The maximum atomic E-state index is 12.2. The number of ether oxygens (including phenoxy) is 2. The molecule has 1 amide bonds. The average Bonchev–Trinajstić information content (AvgIpc) is 2.55. The molecule has 0 bridgehead atoms. The molecule has 0 spiro atoms. The number of carbonyl (C=O) groups excluding carboxylic acids is 2. The SMILES string of the molecule is COC(=O)c1cccc(C(=O)Nc2ccc(OC(C)C)cc2)c1. The van der Waals surface area contributed by atoms with Crippen molar-refractivity contribution in [2.24, 2.45) is 0 Å². The van der Waals surface area contributed by atoms with Crippen LogP contribution >= 0.6 is 0 Å². The van der Waals surface area contributed by atoms with Crippen LogP contribution in [0.3, 0.4) is 0 Å². The van der Waals surface area contributed by atoms with E-state index in [2.05, 4.69) is 10.1 Å². The number of esters is 1. The van der Waals surface area contributed by atoms with Crippen LogP contribution in [0.4, 0.5) is 5.69 Å². The van der Waals surface area contributed by atoms with Gasteiger partial charge < -0.3 is 14.8 Å². The van der Waals surface area contributed by atoms with Crippen LogP contribution in [-0.4, -0.2) is 25.1 Å². The first-order valence-electron chi connectivity index (χ1n) is 7.26. The molecule has 0 unspecified atom stereocenters. The summed E-state index contributed by atoms with van der Waals surface area (Å²) in [5, 5.41) is 2.78. The van der Waals surface area contributed by atoms with E-state index in [-0.39, 0.29) is 12.0 Å². The van der Waals surface area contributed by atoms with Crippen molar-refractivity contribution in [3.8, 4) is 5.75 Å². The molecule has 0 fully saturated rings. The molecule has 0 saturated carbocycles. The molecule has 5 heteroatoms.